The Hall–Kier alpha value is -0.960. The molecule has 1 aromatic heterocycles. The van der Waals surface area contributed by atoms with Crippen molar-refractivity contribution < 1.29 is 0 Å². The highest BCUT2D eigenvalue weighted by atomic mass is 35.5. The standard InChI is InChI=1S/C5H6ClN3/c6-3-1-5(8)9-2-4(3)7/h1-2H,7H2,(H2,8,9). The summed E-state index contributed by atoms with van der Waals surface area (Å²) in [6.45, 7) is 0. The second-order valence-electron chi connectivity index (χ2n) is 1.63. The molecule has 3 nitrogen and oxygen atoms in total. The van der Waals surface area contributed by atoms with Gasteiger partial charge in [0.15, 0.2) is 0 Å². The van der Waals surface area contributed by atoms with Crippen molar-refractivity contribution in [3.8, 4) is 0 Å². The fourth-order valence-electron chi connectivity index (χ4n) is 0.456. The molecule has 0 atom stereocenters. The van der Waals surface area contributed by atoms with Gasteiger partial charge in [0.05, 0.1) is 16.9 Å². The number of hydrogen-bond acceptors (Lipinski definition) is 3. The first-order valence-corrected chi connectivity index (χ1v) is 2.74. The number of rotatable bonds is 0. The molecule has 4 N–H and O–H groups in total. The van der Waals surface area contributed by atoms with Crippen LogP contribution < -0.4 is 11.5 Å². The Morgan fingerprint density at radius 2 is 2.11 bits per heavy atom. The smallest absolute Gasteiger partial charge is 0.124 e. The topological polar surface area (TPSA) is 64.9 Å². The van der Waals surface area contributed by atoms with Gasteiger partial charge in [0.25, 0.3) is 0 Å². The van der Waals surface area contributed by atoms with Crippen LogP contribution in [0.5, 0.6) is 0 Å². The second kappa shape index (κ2) is 2.11. The van der Waals surface area contributed by atoms with E-state index in [4.69, 9.17) is 23.1 Å². The molecule has 1 heterocycles. The Labute approximate surface area is 57.6 Å². The Bertz CT molecular complexity index is 223. The first-order valence-electron chi connectivity index (χ1n) is 2.36. The molecule has 4 heteroatoms. The first kappa shape index (κ1) is 6.16. The zero-order chi connectivity index (χ0) is 6.85. The predicted molar refractivity (Wildman–Crippen MR) is 38.1 cm³/mol. The lowest BCUT2D eigenvalue weighted by atomic mass is 10.4. The molecule has 0 fully saturated rings. The van der Waals surface area contributed by atoms with E-state index < -0.39 is 0 Å². The number of aromatic nitrogens is 1. The van der Waals surface area contributed by atoms with Gasteiger partial charge in [0.2, 0.25) is 0 Å². The molecule has 0 aromatic carbocycles. The van der Waals surface area contributed by atoms with Crippen molar-refractivity contribution in [2.24, 2.45) is 0 Å². The summed E-state index contributed by atoms with van der Waals surface area (Å²) in [6.07, 6.45) is 1.43. The molecule has 0 saturated heterocycles. The summed E-state index contributed by atoms with van der Waals surface area (Å²) in [4.78, 5) is 3.71. The van der Waals surface area contributed by atoms with Crippen molar-refractivity contribution in [2.45, 2.75) is 0 Å². The molecule has 0 saturated carbocycles. The van der Waals surface area contributed by atoms with E-state index in [0.29, 0.717) is 16.5 Å². The highest BCUT2D eigenvalue weighted by Gasteiger charge is 1.93. The number of pyridine rings is 1. The molecular formula is C5H6ClN3. The van der Waals surface area contributed by atoms with Crippen LogP contribution in [0, 0.1) is 0 Å². The Morgan fingerprint density at radius 3 is 2.56 bits per heavy atom. The number of halogens is 1. The van der Waals surface area contributed by atoms with E-state index >= 15 is 0 Å². The maximum absolute atomic E-state index is 5.57. The molecule has 0 bridgehead atoms. The average Bonchev–Trinajstić information content (AvgIpc) is 1.80. The lowest BCUT2D eigenvalue weighted by molar-refractivity contribution is 1.34. The van der Waals surface area contributed by atoms with Crippen LogP contribution in [0.2, 0.25) is 5.02 Å². The Balaban J connectivity index is 3.17. The third-order valence-corrected chi connectivity index (χ3v) is 1.23. The molecule has 0 radical (unpaired) electrons. The van der Waals surface area contributed by atoms with Gasteiger partial charge in [0, 0.05) is 6.07 Å². The van der Waals surface area contributed by atoms with E-state index in [9.17, 15) is 0 Å². The van der Waals surface area contributed by atoms with E-state index in [1.165, 1.54) is 12.3 Å². The minimum absolute atomic E-state index is 0.384. The van der Waals surface area contributed by atoms with Gasteiger partial charge in [-0.15, -0.1) is 0 Å². The number of nitrogen functional groups attached to an aromatic ring is 2. The van der Waals surface area contributed by atoms with Crippen molar-refractivity contribution in [1.29, 1.82) is 0 Å². The molecule has 0 unspecified atom stereocenters. The zero-order valence-corrected chi connectivity index (χ0v) is 5.39. The maximum Gasteiger partial charge on any atom is 0.124 e. The molecule has 48 valence electrons. The molecule has 1 aromatic rings. The van der Waals surface area contributed by atoms with E-state index in [-0.39, 0.29) is 0 Å². The lowest BCUT2D eigenvalue weighted by Crippen LogP contribution is -1.92. The van der Waals surface area contributed by atoms with Gasteiger partial charge in [-0.05, 0) is 0 Å². The van der Waals surface area contributed by atoms with Gasteiger partial charge in [-0.2, -0.15) is 0 Å². The fourth-order valence-corrected chi connectivity index (χ4v) is 0.617. The highest BCUT2D eigenvalue weighted by molar-refractivity contribution is 6.33. The van der Waals surface area contributed by atoms with Gasteiger partial charge < -0.3 is 11.5 Å². The van der Waals surface area contributed by atoms with Crippen molar-refractivity contribution in [2.75, 3.05) is 11.5 Å². The molecule has 0 aliphatic heterocycles. The minimum atomic E-state index is 0.384. The minimum Gasteiger partial charge on any atom is -0.396 e. The second-order valence-corrected chi connectivity index (χ2v) is 2.04. The summed E-state index contributed by atoms with van der Waals surface area (Å²) in [5.41, 5.74) is 11.1. The first-order chi connectivity index (χ1) is 4.20. The number of hydrogen-bond donors (Lipinski definition) is 2. The SMILES string of the molecule is Nc1cc(Cl)c(N)cn1. The van der Waals surface area contributed by atoms with Crippen molar-refractivity contribution in [3.05, 3.63) is 17.3 Å². The molecule has 0 amide bonds. The summed E-state index contributed by atoms with van der Waals surface area (Å²) >= 11 is 5.57. The third-order valence-electron chi connectivity index (χ3n) is 0.903. The van der Waals surface area contributed by atoms with Gasteiger partial charge >= 0.3 is 0 Å². The molecule has 9 heavy (non-hydrogen) atoms. The maximum atomic E-state index is 5.57. The zero-order valence-electron chi connectivity index (χ0n) is 4.63. The number of nitrogens with two attached hydrogens (primary N) is 2. The van der Waals surface area contributed by atoms with Gasteiger partial charge in [0.1, 0.15) is 5.82 Å². The summed E-state index contributed by atoms with van der Waals surface area (Å²) in [7, 11) is 0. The van der Waals surface area contributed by atoms with Crippen LogP contribution in [0.25, 0.3) is 0 Å². The van der Waals surface area contributed by atoms with Gasteiger partial charge in [-0.1, -0.05) is 11.6 Å². The fraction of sp³-hybridized carbons (Fsp3) is 0. The van der Waals surface area contributed by atoms with E-state index in [1.54, 1.807) is 0 Å². The molecule has 1 rings (SSSR count). The molecular weight excluding hydrogens is 138 g/mol. The molecule has 0 spiro atoms. The number of nitrogens with zero attached hydrogens (tertiary/aromatic N) is 1. The molecule has 0 aliphatic rings. The van der Waals surface area contributed by atoms with E-state index in [1.807, 2.05) is 0 Å². The Morgan fingerprint density at radius 1 is 1.44 bits per heavy atom. The normalized spacial score (nSPS) is 9.44. The summed E-state index contributed by atoms with van der Waals surface area (Å²) in [5, 5.41) is 0.447. The van der Waals surface area contributed by atoms with E-state index in [0.717, 1.165) is 0 Å². The summed E-state index contributed by atoms with van der Waals surface area (Å²) < 4.78 is 0. The lowest BCUT2D eigenvalue weighted by Gasteiger charge is -1.95. The monoisotopic (exact) mass is 143 g/mol. The van der Waals surface area contributed by atoms with Crippen molar-refractivity contribution >= 4 is 23.1 Å². The molecule has 0 aliphatic carbocycles. The average molecular weight is 144 g/mol. The number of anilines is 2. The Kier molecular flexibility index (Phi) is 1.44. The quantitative estimate of drug-likeness (QED) is 0.567. The summed E-state index contributed by atoms with van der Waals surface area (Å²) in [5.74, 6) is 0.384. The highest BCUT2D eigenvalue weighted by Crippen LogP contribution is 2.17. The van der Waals surface area contributed by atoms with Crippen LogP contribution in [-0.2, 0) is 0 Å². The predicted octanol–water partition coefficient (Wildman–Crippen LogP) is 0.899. The van der Waals surface area contributed by atoms with Crippen molar-refractivity contribution in [3.63, 3.8) is 0 Å². The third kappa shape index (κ3) is 1.23. The van der Waals surface area contributed by atoms with Gasteiger partial charge in [-0.25, -0.2) is 4.98 Å². The van der Waals surface area contributed by atoms with Crippen LogP contribution in [-0.4, -0.2) is 4.98 Å². The van der Waals surface area contributed by atoms with Crippen LogP contribution in [0.1, 0.15) is 0 Å². The van der Waals surface area contributed by atoms with Crippen molar-refractivity contribution in [1.82, 2.24) is 4.98 Å². The van der Waals surface area contributed by atoms with Gasteiger partial charge in [-0.3, -0.25) is 0 Å². The van der Waals surface area contributed by atoms with Crippen LogP contribution in [0.15, 0.2) is 12.3 Å². The van der Waals surface area contributed by atoms with Crippen LogP contribution in [0.4, 0.5) is 11.5 Å². The van der Waals surface area contributed by atoms with Crippen LogP contribution in [0.3, 0.4) is 0 Å². The largest absolute Gasteiger partial charge is 0.396 e. The summed E-state index contributed by atoms with van der Waals surface area (Å²) in [6, 6.07) is 1.51. The van der Waals surface area contributed by atoms with Crippen LogP contribution >= 0.6 is 11.6 Å². The van der Waals surface area contributed by atoms with E-state index in [2.05, 4.69) is 4.98 Å².